The van der Waals surface area contributed by atoms with Gasteiger partial charge >= 0.3 is 17.9 Å². The van der Waals surface area contributed by atoms with Crippen LogP contribution < -0.4 is 0 Å². The van der Waals surface area contributed by atoms with E-state index in [1.165, 1.54) is 13.8 Å². The summed E-state index contributed by atoms with van der Waals surface area (Å²) in [6.07, 6.45) is 4.28. The van der Waals surface area contributed by atoms with E-state index in [1.54, 1.807) is 0 Å². The molecule has 0 aromatic heterocycles. The molecule has 11 atom stereocenters. The normalized spacial score (nSPS) is 41.7. The van der Waals surface area contributed by atoms with Crippen LogP contribution in [0.4, 0.5) is 0 Å². The summed E-state index contributed by atoms with van der Waals surface area (Å²) in [4.78, 5) is 54.6. The summed E-state index contributed by atoms with van der Waals surface area (Å²) in [5.41, 5.74) is -1.19. The molecule has 49 heavy (non-hydrogen) atoms. The third kappa shape index (κ3) is 5.24. The van der Waals surface area contributed by atoms with Gasteiger partial charge in [0.25, 0.3) is 0 Å². The molecule has 1 unspecified atom stereocenters. The first-order valence-corrected chi connectivity index (χ1v) is 18.3. The predicted octanol–water partition coefficient (Wildman–Crippen LogP) is 7.28. The zero-order chi connectivity index (χ0) is 35.7. The molecule has 8 nitrogen and oxygen atoms in total. The molecule has 0 spiro atoms. The Hall–Kier alpha value is -3.00. The van der Waals surface area contributed by atoms with Crippen LogP contribution in [0.25, 0.3) is 0 Å². The SMILES string of the molecule is CC(=O)OC1[C@H](OC(C)=O)C[C@@]23COC[C@@]1(C)[C@@H]2CC[C@H]1C3=CC(=O)[C@@]2(C)[C@H](C(=O)OCc3ccccc3)[C@@](C)([C@H](C)C(C)C)CC[C@]12C. The number of rotatable bonds is 7. The van der Waals surface area contributed by atoms with E-state index < -0.39 is 57.1 Å². The van der Waals surface area contributed by atoms with Crippen molar-refractivity contribution in [3.05, 3.63) is 47.5 Å². The first-order valence-electron chi connectivity index (χ1n) is 18.3. The highest BCUT2D eigenvalue weighted by Gasteiger charge is 2.74. The molecule has 2 bridgehead atoms. The molecule has 4 fully saturated rings. The van der Waals surface area contributed by atoms with Crippen LogP contribution in [0, 0.1) is 56.7 Å². The monoisotopic (exact) mass is 676 g/mol. The van der Waals surface area contributed by atoms with Crippen molar-refractivity contribution in [2.45, 2.75) is 113 Å². The number of carbonyl (C=O) groups is 4. The third-order valence-corrected chi connectivity index (χ3v) is 14.8. The molecule has 0 radical (unpaired) electrons. The first-order chi connectivity index (χ1) is 23.0. The molecule has 8 heteroatoms. The zero-order valence-corrected chi connectivity index (χ0v) is 30.9. The minimum absolute atomic E-state index is 0.0176. The lowest BCUT2D eigenvalue weighted by Gasteiger charge is -2.70. The Morgan fingerprint density at radius 3 is 2.22 bits per heavy atom. The predicted molar refractivity (Wildman–Crippen MR) is 184 cm³/mol. The van der Waals surface area contributed by atoms with Crippen molar-refractivity contribution >= 4 is 23.7 Å². The number of allylic oxidation sites excluding steroid dienone is 1. The Bertz CT molecular complexity index is 1530. The molecule has 5 aliphatic rings. The van der Waals surface area contributed by atoms with Gasteiger partial charge in [-0.3, -0.25) is 19.2 Å². The highest BCUT2D eigenvalue weighted by Crippen LogP contribution is 2.74. The topological polar surface area (TPSA) is 105 Å². The summed E-state index contributed by atoms with van der Waals surface area (Å²) in [5, 5.41) is 0. The number of hydrogen-bond acceptors (Lipinski definition) is 8. The van der Waals surface area contributed by atoms with E-state index in [2.05, 4.69) is 41.5 Å². The zero-order valence-electron chi connectivity index (χ0n) is 30.9. The van der Waals surface area contributed by atoms with Crippen molar-refractivity contribution in [1.29, 1.82) is 0 Å². The van der Waals surface area contributed by atoms with Crippen LogP contribution in [0.1, 0.15) is 100.0 Å². The first kappa shape index (κ1) is 35.8. The van der Waals surface area contributed by atoms with Gasteiger partial charge in [0, 0.05) is 30.1 Å². The Labute approximate surface area is 292 Å². The summed E-state index contributed by atoms with van der Waals surface area (Å²) < 4.78 is 24.5. The maximum atomic E-state index is 15.2. The van der Waals surface area contributed by atoms with Gasteiger partial charge in [-0.15, -0.1) is 0 Å². The average molecular weight is 677 g/mol. The van der Waals surface area contributed by atoms with Gasteiger partial charge in [-0.2, -0.15) is 0 Å². The van der Waals surface area contributed by atoms with Gasteiger partial charge in [-0.25, -0.2) is 0 Å². The quantitative estimate of drug-likeness (QED) is 0.219. The van der Waals surface area contributed by atoms with Crippen molar-refractivity contribution in [1.82, 2.24) is 0 Å². The van der Waals surface area contributed by atoms with Gasteiger partial charge in [0.05, 0.1) is 19.1 Å². The molecule has 1 heterocycles. The fraction of sp³-hybridized carbons (Fsp3) is 0.707. The second kappa shape index (κ2) is 12.3. The molecule has 1 aromatic carbocycles. The Morgan fingerprint density at radius 1 is 0.918 bits per heavy atom. The third-order valence-electron chi connectivity index (χ3n) is 14.8. The standard InChI is InChI=1S/C41H56O8/c1-24(2)25(3)37(6)17-18-39(8)29-15-16-32-38(7)22-46-23-41(32,20-31(48-26(4)42)35(38)49-27(5)43)30(29)19-33(44)40(39,9)34(37)36(45)47-21-28-13-11-10-12-14-28/h10-14,19,24-25,29,31-32,34-35H,15-18,20-23H2,1-9H3/t25-,29+,31-,32+,34-,35?,37-,38+,39-,40+,41+/m1/s1. The Morgan fingerprint density at radius 2 is 1.59 bits per heavy atom. The molecular formula is C41H56O8. The Balaban J connectivity index is 1.46. The van der Waals surface area contributed by atoms with Crippen molar-refractivity contribution < 1.29 is 38.1 Å². The minimum atomic E-state index is -1.00. The van der Waals surface area contributed by atoms with E-state index in [4.69, 9.17) is 18.9 Å². The van der Waals surface area contributed by atoms with Crippen molar-refractivity contribution in [2.75, 3.05) is 13.2 Å². The van der Waals surface area contributed by atoms with Crippen LogP contribution in [0.5, 0.6) is 0 Å². The van der Waals surface area contributed by atoms with Crippen LogP contribution in [0.15, 0.2) is 42.0 Å². The summed E-state index contributed by atoms with van der Waals surface area (Å²) in [7, 11) is 0. The van der Waals surface area contributed by atoms with E-state index in [0.29, 0.717) is 25.6 Å². The fourth-order valence-electron chi connectivity index (χ4n) is 11.9. The number of ketones is 1. The molecular weight excluding hydrogens is 620 g/mol. The number of fused-ring (bicyclic) bond motifs is 3. The van der Waals surface area contributed by atoms with Crippen LogP contribution in [-0.2, 0) is 44.7 Å². The summed E-state index contributed by atoms with van der Waals surface area (Å²) in [6, 6.07) is 9.72. The van der Waals surface area contributed by atoms with Crippen LogP contribution in [0.3, 0.4) is 0 Å². The summed E-state index contributed by atoms with van der Waals surface area (Å²) >= 11 is 0. The molecule has 0 N–H and O–H groups in total. The highest BCUT2D eigenvalue weighted by molar-refractivity contribution is 6.01. The largest absolute Gasteiger partial charge is 0.461 e. The van der Waals surface area contributed by atoms with E-state index >= 15 is 4.79 Å². The van der Waals surface area contributed by atoms with Gasteiger partial charge in [-0.05, 0) is 78.2 Å². The second-order valence-electron chi connectivity index (χ2n) is 17.4. The molecule has 1 aromatic rings. The van der Waals surface area contributed by atoms with E-state index in [-0.39, 0.29) is 36.1 Å². The number of hydrogen-bond donors (Lipinski definition) is 0. The minimum Gasteiger partial charge on any atom is -0.461 e. The number of ether oxygens (including phenoxy) is 4. The van der Waals surface area contributed by atoms with E-state index in [0.717, 1.165) is 36.8 Å². The van der Waals surface area contributed by atoms with Crippen molar-refractivity contribution in [3.63, 3.8) is 0 Å². The molecule has 1 saturated heterocycles. The van der Waals surface area contributed by atoms with Crippen LogP contribution in [-0.4, -0.2) is 49.1 Å². The van der Waals surface area contributed by atoms with Gasteiger partial charge in [0.2, 0.25) is 0 Å². The molecule has 4 aliphatic carbocycles. The number of carbonyl (C=O) groups excluding carboxylic acids is 4. The lowest BCUT2D eigenvalue weighted by molar-refractivity contribution is -0.261. The molecule has 6 rings (SSSR count). The van der Waals surface area contributed by atoms with Gasteiger partial charge in [-0.1, -0.05) is 84.4 Å². The van der Waals surface area contributed by atoms with Crippen LogP contribution >= 0.6 is 0 Å². The lowest BCUT2D eigenvalue weighted by atomic mass is 9.34. The van der Waals surface area contributed by atoms with Crippen LogP contribution in [0.2, 0.25) is 0 Å². The number of esters is 3. The van der Waals surface area contributed by atoms with Gasteiger partial charge < -0.3 is 18.9 Å². The molecule has 268 valence electrons. The maximum Gasteiger partial charge on any atom is 0.310 e. The van der Waals surface area contributed by atoms with E-state index in [9.17, 15) is 14.4 Å². The van der Waals surface area contributed by atoms with Crippen molar-refractivity contribution in [3.8, 4) is 0 Å². The smallest absolute Gasteiger partial charge is 0.310 e. The van der Waals surface area contributed by atoms with Gasteiger partial charge in [0.15, 0.2) is 5.78 Å². The number of benzene rings is 1. The molecule has 1 aliphatic heterocycles. The van der Waals surface area contributed by atoms with E-state index in [1.807, 2.05) is 43.3 Å². The lowest BCUT2D eigenvalue weighted by Crippen LogP contribution is -2.71. The molecule has 0 amide bonds. The average Bonchev–Trinajstić information content (AvgIpc) is 3.03. The fourth-order valence-corrected chi connectivity index (χ4v) is 11.9. The van der Waals surface area contributed by atoms with Crippen molar-refractivity contribution in [2.24, 2.45) is 56.7 Å². The highest BCUT2D eigenvalue weighted by atomic mass is 16.6. The molecule has 3 saturated carbocycles. The van der Waals surface area contributed by atoms with Gasteiger partial charge in [0.1, 0.15) is 18.8 Å². The maximum absolute atomic E-state index is 15.2. The second-order valence-corrected chi connectivity index (χ2v) is 17.4. The summed E-state index contributed by atoms with van der Waals surface area (Å²) in [5.74, 6) is -1.25. The summed E-state index contributed by atoms with van der Waals surface area (Å²) in [6.45, 7) is 18.9. The Kier molecular flexibility index (Phi) is 9.02.